The van der Waals surface area contributed by atoms with Gasteiger partial charge in [0.1, 0.15) is 11.9 Å². The lowest BCUT2D eigenvalue weighted by Gasteiger charge is -2.23. The second kappa shape index (κ2) is 5.86. The number of nitrogens with one attached hydrogen (secondary N) is 1. The number of aldehydes is 1. The van der Waals surface area contributed by atoms with Crippen molar-refractivity contribution in [2.45, 2.75) is 45.8 Å². The number of hydrogen-bond acceptors (Lipinski definition) is 4. The third-order valence-electron chi connectivity index (χ3n) is 2.53. The molecule has 1 aromatic rings. The van der Waals surface area contributed by atoms with E-state index in [0.29, 0.717) is 0 Å². The first kappa shape index (κ1) is 15.2. The summed E-state index contributed by atoms with van der Waals surface area (Å²) in [7, 11) is 1.77. The van der Waals surface area contributed by atoms with Crippen molar-refractivity contribution in [3.05, 3.63) is 17.5 Å². The second-order valence-electron chi connectivity index (χ2n) is 5.44. The van der Waals surface area contributed by atoms with E-state index >= 15 is 0 Å². The third-order valence-corrected chi connectivity index (χ3v) is 2.53. The zero-order valence-corrected chi connectivity index (χ0v) is 12.1. The van der Waals surface area contributed by atoms with E-state index in [4.69, 9.17) is 4.74 Å². The van der Waals surface area contributed by atoms with Crippen LogP contribution in [-0.2, 0) is 16.6 Å². The fourth-order valence-corrected chi connectivity index (χ4v) is 1.84. The second-order valence-corrected chi connectivity index (χ2v) is 5.44. The number of hydrogen-bond donors (Lipinski definition) is 1. The van der Waals surface area contributed by atoms with Gasteiger partial charge in [-0.05, 0) is 33.3 Å². The smallest absolute Gasteiger partial charge is 0.408 e. The van der Waals surface area contributed by atoms with Crippen molar-refractivity contribution in [3.63, 3.8) is 0 Å². The number of aromatic nitrogens is 2. The fraction of sp³-hybridized carbons (Fsp3) is 0.615. The van der Waals surface area contributed by atoms with Gasteiger partial charge in [0, 0.05) is 13.5 Å². The molecule has 19 heavy (non-hydrogen) atoms. The Morgan fingerprint density at radius 3 is 2.63 bits per heavy atom. The number of rotatable bonds is 4. The van der Waals surface area contributed by atoms with Crippen molar-refractivity contribution in [1.82, 2.24) is 15.1 Å². The molecule has 0 saturated carbocycles. The average Bonchev–Trinajstić information content (AvgIpc) is 2.55. The Balaban J connectivity index is 2.85. The molecule has 0 aliphatic rings. The van der Waals surface area contributed by atoms with Gasteiger partial charge in [-0.2, -0.15) is 5.10 Å². The molecule has 0 aromatic carbocycles. The van der Waals surface area contributed by atoms with Gasteiger partial charge in [-0.1, -0.05) is 0 Å². The lowest BCUT2D eigenvalue weighted by atomic mass is 10.1. The minimum absolute atomic E-state index is 0.180. The zero-order valence-electron chi connectivity index (χ0n) is 12.1. The monoisotopic (exact) mass is 267 g/mol. The Morgan fingerprint density at radius 1 is 1.58 bits per heavy atom. The maximum atomic E-state index is 11.8. The minimum atomic E-state index is -0.572. The standard InChI is InChI=1S/C13H21N3O3/c1-9-8-14-16(5)11(9)10(6-7-17)15-12(18)19-13(2,3)4/h7-8,10H,6H2,1-5H3,(H,15,18)/t10-/m0/s1. The van der Waals surface area contributed by atoms with Gasteiger partial charge in [-0.25, -0.2) is 4.79 Å². The zero-order chi connectivity index (χ0) is 14.6. The summed E-state index contributed by atoms with van der Waals surface area (Å²) in [5.74, 6) is 0. The highest BCUT2D eigenvalue weighted by Gasteiger charge is 2.23. The van der Waals surface area contributed by atoms with Crippen molar-refractivity contribution in [3.8, 4) is 0 Å². The van der Waals surface area contributed by atoms with E-state index in [1.54, 1.807) is 38.7 Å². The molecule has 106 valence electrons. The SMILES string of the molecule is Cc1cnn(C)c1[C@H](CC=O)NC(=O)OC(C)(C)C. The van der Waals surface area contributed by atoms with Crippen LogP contribution in [0.4, 0.5) is 4.79 Å². The van der Waals surface area contributed by atoms with Crippen LogP contribution in [0.1, 0.15) is 44.5 Å². The highest BCUT2D eigenvalue weighted by atomic mass is 16.6. The fourth-order valence-electron chi connectivity index (χ4n) is 1.84. The molecule has 1 aromatic heterocycles. The Morgan fingerprint density at radius 2 is 2.21 bits per heavy atom. The summed E-state index contributed by atoms with van der Waals surface area (Å²) in [5.41, 5.74) is 1.15. The summed E-state index contributed by atoms with van der Waals surface area (Å²) < 4.78 is 6.85. The molecule has 0 aliphatic carbocycles. The number of carbonyl (C=O) groups excluding carboxylic acids is 2. The van der Waals surface area contributed by atoms with Gasteiger partial charge >= 0.3 is 6.09 Å². The molecule has 6 heteroatoms. The molecular formula is C13H21N3O3. The molecule has 0 spiro atoms. The van der Waals surface area contributed by atoms with Crippen molar-refractivity contribution in [2.24, 2.45) is 7.05 Å². The normalized spacial score (nSPS) is 12.9. The number of aryl methyl sites for hydroxylation is 2. The van der Waals surface area contributed by atoms with Crippen molar-refractivity contribution >= 4 is 12.4 Å². The van der Waals surface area contributed by atoms with E-state index in [9.17, 15) is 9.59 Å². The number of amides is 1. The van der Waals surface area contributed by atoms with Gasteiger partial charge in [-0.15, -0.1) is 0 Å². The van der Waals surface area contributed by atoms with Crippen LogP contribution in [0.25, 0.3) is 0 Å². The van der Waals surface area contributed by atoms with E-state index in [2.05, 4.69) is 10.4 Å². The maximum absolute atomic E-state index is 11.8. The Kier molecular flexibility index (Phi) is 4.69. The van der Waals surface area contributed by atoms with Gasteiger partial charge in [0.05, 0.1) is 17.9 Å². The highest BCUT2D eigenvalue weighted by Crippen LogP contribution is 2.20. The quantitative estimate of drug-likeness (QED) is 0.845. The predicted octanol–water partition coefficient (Wildman–Crippen LogP) is 1.88. The number of ether oxygens (including phenoxy) is 1. The first-order valence-corrected chi connectivity index (χ1v) is 6.16. The summed E-state index contributed by atoms with van der Waals surface area (Å²) in [4.78, 5) is 22.6. The first-order chi connectivity index (χ1) is 8.74. The van der Waals surface area contributed by atoms with E-state index < -0.39 is 17.7 Å². The number of nitrogens with zero attached hydrogens (tertiary/aromatic N) is 2. The molecule has 0 radical (unpaired) electrons. The lowest BCUT2D eigenvalue weighted by Crippen LogP contribution is -2.36. The first-order valence-electron chi connectivity index (χ1n) is 6.16. The van der Waals surface area contributed by atoms with Gasteiger partial charge in [0.25, 0.3) is 0 Å². The predicted molar refractivity (Wildman–Crippen MR) is 70.7 cm³/mol. The Labute approximate surface area is 113 Å². The van der Waals surface area contributed by atoms with Gasteiger partial charge < -0.3 is 14.8 Å². The van der Waals surface area contributed by atoms with Gasteiger partial charge in [0.2, 0.25) is 0 Å². The lowest BCUT2D eigenvalue weighted by molar-refractivity contribution is -0.108. The van der Waals surface area contributed by atoms with Crippen LogP contribution >= 0.6 is 0 Å². The molecule has 1 atom stereocenters. The molecule has 1 heterocycles. The summed E-state index contributed by atoms with van der Waals surface area (Å²) in [5, 5.41) is 6.82. The largest absolute Gasteiger partial charge is 0.444 e. The van der Waals surface area contributed by atoms with E-state index in [1.807, 2.05) is 6.92 Å². The molecule has 1 amide bonds. The van der Waals surface area contributed by atoms with Crippen molar-refractivity contribution in [2.75, 3.05) is 0 Å². The van der Waals surface area contributed by atoms with Crippen LogP contribution in [0.3, 0.4) is 0 Å². The number of carbonyl (C=O) groups is 2. The molecular weight excluding hydrogens is 246 g/mol. The summed E-state index contributed by atoms with van der Waals surface area (Å²) in [6, 6.07) is -0.431. The van der Waals surface area contributed by atoms with E-state index in [1.165, 1.54) is 0 Å². The van der Waals surface area contributed by atoms with Crippen LogP contribution in [0.5, 0.6) is 0 Å². The molecule has 0 saturated heterocycles. The molecule has 0 aliphatic heterocycles. The van der Waals surface area contributed by atoms with E-state index in [-0.39, 0.29) is 6.42 Å². The Hall–Kier alpha value is -1.85. The summed E-state index contributed by atoms with van der Waals surface area (Å²) in [6.07, 6.45) is 2.11. The van der Waals surface area contributed by atoms with Crippen molar-refractivity contribution < 1.29 is 14.3 Å². The van der Waals surface area contributed by atoms with Gasteiger partial charge in [-0.3, -0.25) is 4.68 Å². The van der Waals surface area contributed by atoms with Crippen LogP contribution in [0, 0.1) is 6.92 Å². The Bertz CT molecular complexity index is 441. The van der Waals surface area contributed by atoms with Crippen LogP contribution < -0.4 is 5.32 Å². The highest BCUT2D eigenvalue weighted by molar-refractivity contribution is 5.69. The van der Waals surface area contributed by atoms with Crippen LogP contribution in [0.15, 0.2) is 6.20 Å². The molecule has 1 N–H and O–H groups in total. The maximum Gasteiger partial charge on any atom is 0.408 e. The molecule has 1 rings (SSSR count). The third kappa shape index (κ3) is 4.39. The number of alkyl carbamates (subject to hydrolysis) is 1. The minimum Gasteiger partial charge on any atom is -0.444 e. The average molecular weight is 267 g/mol. The molecule has 6 nitrogen and oxygen atoms in total. The summed E-state index contributed by atoms with van der Waals surface area (Å²) in [6.45, 7) is 7.25. The topological polar surface area (TPSA) is 73.2 Å². The van der Waals surface area contributed by atoms with Crippen LogP contribution in [0.2, 0.25) is 0 Å². The van der Waals surface area contributed by atoms with Crippen LogP contribution in [-0.4, -0.2) is 27.8 Å². The van der Waals surface area contributed by atoms with E-state index in [0.717, 1.165) is 17.5 Å². The molecule has 0 unspecified atom stereocenters. The summed E-state index contributed by atoms with van der Waals surface area (Å²) >= 11 is 0. The van der Waals surface area contributed by atoms with Gasteiger partial charge in [0.15, 0.2) is 0 Å². The molecule has 0 fully saturated rings. The molecule has 0 bridgehead atoms. The van der Waals surface area contributed by atoms with Crippen molar-refractivity contribution in [1.29, 1.82) is 0 Å².